The van der Waals surface area contributed by atoms with E-state index in [1.807, 2.05) is 0 Å². The molecule has 5 nitrogen and oxygen atoms in total. The van der Waals surface area contributed by atoms with E-state index in [1.54, 1.807) is 27.1 Å². The van der Waals surface area contributed by atoms with Crippen molar-refractivity contribution >= 4 is 11.9 Å². The second-order valence-electron chi connectivity index (χ2n) is 3.88. The van der Waals surface area contributed by atoms with Crippen LogP contribution in [0.5, 0.6) is 5.75 Å². The van der Waals surface area contributed by atoms with E-state index in [9.17, 15) is 14.7 Å². The molecule has 0 aromatic heterocycles. The number of ether oxygens (including phenoxy) is 1. The minimum atomic E-state index is -0.710. The van der Waals surface area contributed by atoms with Gasteiger partial charge in [-0.25, -0.2) is 4.79 Å². The van der Waals surface area contributed by atoms with Gasteiger partial charge in [-0.3, -0.25) is 4.79 Å². The summed E-state index contributed by atoms with van der Waals surface area (Å²) in [7, 11) is 3.14. The van der Waals surface area contributed by atoms with Crippen molar-refractivity contribution in [3.8, 4) is 5.75 Å². The van der Waals surface area contributed by atoms with E-state index in [2.05, 4.69) is 0 Å². The molecule has 0 aliphatic rings. The average molecular weight is 237 g/mol. The van der Waals surface area contributed by atoms with Crippen LogP contribution in [0.3, 0.4) is 0 Å². The van der Waals surface area contributed by atoms with E-state index in [4.69, 9.17) is 4.74 Å². The molecule has 0 atom stereocenters. The lowest BCUT2D eigenvalue weighted by atomic mass is 10.1. The first-order valence-electron chi connectivity index (χ1n) is 5.08. The first-order valence-corrected chi connectivity index (χ1v) is 5.08. The Kier molecular flexibility index (Phi) is 4.09. The topological polar surface area (TPSA) is 66.8 Å². The number of likely N-dealkylation sites (N-methyl/N-ethyl adjacent to an activating group) is 1. The Morgan fingerprint density at radius 2 is 2.00 bits per heavy atom. The lowest BCUT2D eigenvalue weighted by Gasteiger charge is -2.11. The van der Waals surface area contributed by atoms with Crippen molar-refractivity contribution in [2.24, 2.45) is 0 Å². The molecule has 1 amide bonds. The van der Waals surface area contributed by atoms with Gasteiger partial charge in [-0.2, -0.15) is 0 Å². The maximum atomic E-state index is 11.6. The molecule has 0 radical (unpaired) electrons. The normalized spacial score (nSPS) is 9.82. The highest BCUT2D eigenvalue weighted by atomic mass is 16.5. The van der Waals surface area contributed by atoms with Crippen LogP contribution in [0.15, 0.2) is 18.2 Å². The predicted octanol–water partition coefficient (Wildman–Crippen LogP) is 0.946. The second-order valence-corrected chi connectivity index (χ2v) is 3.88. The minimum Gasteiger partial charge on any atom is -0.507 e. The van der Waals surface area contributed by atoms with Crippen molar-refractivity contribution in [2.75, 3.05) is 20.7 Å². The van der Waals surface area contributed by atoms with Crippen LogP contribution in [0.4, 0.5) is 0 Å². The van der Waals surface area contributed by atoms with Gasteiger partial charge in [0.05, 0.1) is 0 Å². The zero-order chi connectivity index (χ0) is 13.0. The van der Waals surface area contributed by atoms with Gasteiger partial charge >= 0.3 is 5.97 Å². The Morgan fingerprint density at radius 3 is 2.53 bits per heavy atom. The molecule has 0 aliphatic heterocycles. The number of aryl methyl sites for hydroxylation is 1. The first-order chi connectivity index (χ1) is 7.91. The van der Waals surface area contributed by atoms with Gasteiger partial charge in [0.1, 0.15) is 11.3 Å². The molecule has 0 spiro atoms. The van der Waals surface area contributed by atoms with Crippen molar-refractivity contribution in [1.29, 1.82) is 0 Å². The van der Waals surface area contributed by atoms with Crippen LogP contribution in [0, 0.1) is 6.92 Å². The molecule has 0 fully saturated rings. The lowest BCUT2D eigenvalue weighted by molar-refractivity contribution is -0.131. The van der Waals surface area contributed by atoms with Gasteiger partial charge in [0.2, 0.25) is 0 Å². The van der Waals surface area contributed by atoms with E-state index in [0.29, 0.717) is 0 Å². The summed E-state index contributed by atoms with van der Waals surface area (Å²) in [5, 5.41) is 9.54. The summed E-state index contributed by atoms with van der Waals surface area (Å²) >= 11 is 0. The Balaban J connectivity index is 2.68. The fraction of sp³-hybridized carbons (Fsp3) is 0.333. The zero-order valence-electron chi connectivity index (χ0n) is 10.1. The molecule has 1 N–H and O–H groups in total. The largest absolute Gasteiger partial charge is 0.507 e. The van der Waals surface area contributed by atoms with Crippen LogP contribution in [0.2, 0.25) is 0 Å². The lowest BCUT2D eigenvalue weighted by Crippen LogP contribution is -2.27. The number of aromatic hydroxyl groups is 1. The molecule has 5 heteroatoms. The van der Waals surface area contributed by atoms with Gasteiger partial charge in [-0.05, 0) is 24.6 Å². The fourth-order valence-electron chi connectivity index (χ4n) is 1.15. The van der Waals surface area contributed by atoms with Crippen molar-refractivity contribution in [3.63, 3.8) is 0 Å². The SMILES string of the molecule is Cc1ccc(C(=O)OCC(=O)N(C)C)c(O)c1. The highest BCUT2D eigenvalue weighted by Gasteiger charge is 2.14. The summed E-state index contributed by atoms with van der Waals surface area (Å²) in [6, 6.07) is 4.61. The summed E-state index contributed by atoms with van der Waals surface area (Å²) in [5.74, 6) is -1.17. The number of hydrogen-bond donors (Lipinski definition) is 1. The molecule has 1 aromatic rings. The summed E-state index contributed by atoms with van der Waals surface area (Å²) < 4.78 is 4.78. The molecule has 17 heavy (non-hydrogen) atoms. The molecular formula is C12H15NO4. The van der Waals surface area contributed by atoms with Crippen LogP contribution >= 0.6 is 0 Å². The Bertz CT molecular complexity index is 440. The van der Waals surface area contributed by atoms with Gasteiger partial charge in [-0.15, -0.1) is 0 Å². The Hall–Kier alpha value is -2.04. The van der Waals surface area contributed by atoms with E-state index in [-0.39, 0.29) is 23.8 Å². The summed E-state index contributed by atoms with van der Waals surface area (Å²) in [4.78, 5) is 24.1. The number of benzene rings is 1. The van der Waals surface area contributed by atoms with E-state index in [1.165, 1.54) is 17.0 Å². The summed E-state index contributed by atoms with van der Waals surface area (Å²) in [5.41, 5.74) is 0.894. The number of amides is 1. The third kappa shape index (κ3) is 3.48. The molecule has 1 rings (SSSR count). The van der Waals surface area contributed by atoms with Gasteiger partial charge < -0.3 is 14.7 Å². The molecule has 0 aliphatic carbocycles. The summed E-state index contributed by atoms with van der Waals surface area (Å²) in [6.07, 6.45) is 0. The van der Waals surface area contributed by atoms with Gasteiger partial charge in [0.25, 0.3) is 5.91 Å². The zero-order valence-corrected chi connectivity index (χ0v) is 10.1. The molecular weight excluding hydrogens is 222 g/mol. The molecule has 0 saturated carbocycles. The number of carbonyl (C=O) groups excluding carboxylic acids is 2. The van der Waals surface area contributed by atoms with Crippen LogP contribution < -0.4 is 0 Å². The highest BCUT2D eigenvalue weighted by molar-refractivity contribution is 5.93. The number of rotatable bonds is 3. The highest BCUT2D eigenvalue weighted by Crippen LogP contribution is 2.19. The van der Waals surface area contributed by atoms with Crippen LogP contribution in [-0.4, -0.2) is 42.6 Å². The molecule has 0 saturated heterocycles. The summed E-state index contributed by atoms with van der Waals surface area (Å²) in [6.45, 7) is 1.46. The van der Waals surface area contributed by atoms with E-state index in [0.717, 1.165) is 5.56 Å². The van der Waals surface area contributed by atoms with Gasteiger partial charge in [0, 0.05) is 14.1 Å². The van der Waals surface area contributed by atoms with E-state index >= 15 is 0 Å². The standard InChI is InChI=1S/C12H15NO4/c1-8-4-5-9(10(14)6-8)12(16)17-7-11(15)13(2)3/h4-6,14H,7H2,1-3H3. The Labute approximate surface area is 99.6 Å². The van der Waals surface area contributed by atoms with Crippen LogP contribution in [-0.2, 0) is 9.53 Å². The molecule has 0 heterocycles. The van der Waals surface area contributed by atoms with Crippen LogP contribution in [0.1, 0.15) is 15.9 Å². The second kappa shape index (κ2) is 5.34. The number of carbonyl (C=O) groups is 2. The first kappa shape index (κ1) is 13.0. The smallest absolute Gasteiger partial charge is 0.342 e. The predicted molar refractivity (Wildman–Crippen MR) is 61.8 cm³/mol. The fourth-order valence-corrected chi connectivity index (χ4v) is 1.15. The van der Waals surface area contributed by atoms with Crippen molar-refractivity contribution in [2.45, 2.75) is 6.92 Å². The molecule has 0 unspecified atom stereocenters. The molecule has 1 aromatic carbocycles. The maximum absolute atomic E-state index is 11.6. The number of phenolic OH excluding ortho intramolecular Hbond substituents is 1. The number of esters is 1. The van der Waals surface area contributed by atoms with Gasteiger partial charge in [0.15, 0.2) is 6.61 Å². The third-order valence-electron chi connectivity index (χ3n) is 2.20. The van der Waals surface area contributed by atoms with E-state index < -0.39 is 5.97 Å². The maximum Gasteiger partial charge on any atom is 0.342 e. The quantitative estimate of drug-likeness (QED) is 0.795. The van der Waals surface area contributed by atoms with Crippen LogP contribution in [0.25, 0.3) is 0 Å². The van der Waals surface area contributed by atoms with Crippen molar-refractivity contribution < 1.29 is 19.4 Å². The van der Waals surface area contributed by atoms with Crippen molar-refractivity contribution in [3.05, 3.63) is 29.3 Å². The number of nitrogens with zero attached hydrogens (tertiary/aromatic N) is 1. The minimum absolute atomic E-state index is 0.0576. The van der Waals surface area contributed by atoms with Gasteiger partial charge in [-0.1, -0.05) is 6.07 Å². The molecule has 92 valence electrons. The number of hydrogen-bond acceptors (Lipinski definition) is 4. The number of phenols is 1. The third-order valence-corrected chi connectivity index (χ3v) is 2.20. The average Bonchev–Trinajstić information content (AvgIpc) is 2.25. The Morgan fingerprint density at radius 1 is 1.35 bits per heavy atom. The molecule has 0 bridgehead atoms. The van der Waals surface area contributed by atoms with Crippen molar-refractivity contribution in [1.82, 2.24) is 4.90 Å². The monoisotopic (exact) mass is 237 g/mol.